The minimum Gasteiger partial charge on any atom is -0.370 e. The van der Waals surface area contributed by atoms with E-state index in [2.05, 4.69) is 0 Å². The van der Waals surface area contributed by atoms with E-state index in [-0.39, 0.29) is 18.5 Å². The minimum atomic E-state index is -4.23. The number of hydrogen-bond donors (Lipinski definition) is 0. The van der Waals surface area contributed by atoms with Crippen LogP contribution < -0.4 is 4.90 Å². The SMILES string of the molecule is N#Cc1cc(F)ccc1N1CCCC(C(F)(F)F)C1. The van der Waals surface area contributed by atoms with Gasteiger partial charge in [0.15, 0.2) is 0 Å². The molecule has 1 aromatic carbocycles. The van der Waals surface area contributed by atoms with Crippen molar-refractivity contribution in [1.29, 1.82) is 5.26 Å². The van der Waals surface area contributed by atoms with Crippen LogP contribution in [-0.2, 0) is 0 Å². The average Bonchev–Trinajstić information content (AvgIpc) is 2.37. The van der Waals surface area contributed by atoms with Crippen LogP contribution in [0.1, 0.15) is 18.4 Å². The van der Waals surface area contributed by atoms with Crippen molar-refractivity contribution in [3.8, 4) is 6.07 Å². The summed E-state index contributed by atoms with van der Waals surface area (Å²) >= 11 is 0. The molecule has 1 aromatic rings. The van der Waals surface area contributed by atoms with Crippen molar-refractivity contribution >= 4 is 5.69 Å². The summed E-state index contributed by atoms with van der Waals surface area (Å²) in [6.07, 6.45) is -3.72. The van der Waals surface area contributed by atoms with Crippen LogP contribution in [0.5, 0.6) is 0 Å². The van der Waals surface area contributed by atoms with Crippen molar-refractivity contribution < 1.29 is 17.6 Å². The first-order chi connectivity index (χ1) is 8.91. The summed E-state index contributed by atoms with van der Waals surface area (Å²) in [5.74, 6) is -1.96. The first kappa shape index (κ1) is 13.7. The molecule has 2 nitrogen and oxygen atoms in total. The second kappa shape index (κ2) is 5.08. The normalized spacial score (nSPS) is 20.2. The zero-order valence-corrected chi connectivity index (χ0v) is 10.0. The van der Waals surface area contributed by atoms with E-state index >= 15 is 0 Å². The van der Waals surface area contributed by atoms with Gasteiger partial charge in [0.2, 0.25) is 0 Å². The first-order valence-electron chi connectivity index (χ1n) is 5.93. The first-order valence-corrected chi connectivity index (χ1v) is 5.93. The van der Waals surface area contributed by atoms with E-state index in [0.717, 1.165) is 12.1 Å². The molecule has 6 heteroatoms. The fraction of sp³-hybridized carbons (Fsp3) is 0.462. The van der Waals surface area contributed by atoms with Gasteiger partial charge in [-0.3, -0.25) is 0 Å². The standard InChI is InChI=1S/C13H12F4N2/c14-11-3-4-12(9(6-11)7-18)19-5-1-2-10(8-19)13(15,16)17/h3-4,6,10H,1-2,5,8H2. The maximum atomic E-state index is 13.0. The maximum absolute atomic E-state index is 13.0. The molecule has 0 aliphatic carbocycles. The molecule has 1 aliphatic rings. The van der Waals surface area contributed by atoms with Gasteiger partial charge < -0.3 is 4.90 Å². The highest BCUT2D eigenvalue weighted by molar-refractivity contribution is 5.59. The van der Waals surface area contributed by atoms with Crippen LogP contribution in [0.4, 0.5) is 23.2 Å². The van der Waals surface area contributed by atoms with Crippen LogP contribution in [0.15, 0.2) is 18.2 Å². The maximum Gasteiger partial charge on any atom is 0.393 e. The summed E-state index contributed by atoms with van der Waals surface area (Å²) in [6.45, 7) is 0.275. The molecule has 19 heavy (non-hydrogen) atoms. The fourth-order valence-electron chi connectivity index (χ4n) is 2.34. The van der Waals surface area contributed by atoms with Gasteiger partial charge in [0, 0.05) is 13.1 Å². The molecule has 2 rings (SSSR count). The summed E-state index contributed by atoms with van der Waals surface area (Å²) in [4.78, 5) is 1.51. The zero-order chi connectivity index (χ0) is 14.0. The lowest BCUT2D eigenvalue weighted by atomic mass is 9.96. The molecule has 1 atom stereocenters. The van der Waals surface area contributed by atoms with E-state index in [1.165, 1.54) is 11.0 Å². The predicted octanol–water partition coefficient (Wildman–Crippen LogP) is 3.48. The van der Waals surface area contributed by atoms with Crippen molar-refractivity contribution in [2.24, 2.45) is 5.92 Å². The van der Waals surface area contributed by atoms with Crippen LogP contribution >= 0.6 is 0 Å². The van der Waals surface area contributed by atoms with E-state index in [4.69, 9.17) is 5.26 Å². The van der Waals surface area contributed by atoms with E-state index in [1.807, 2.05) is 6.07 Å². The van der Waals surface area contributed by atoms with E-state index in [1.54, 1.807) is 0 Å². The Labute approximate surface area is 108 Å². The average molecular weight is 272 g/mol. The molecule has 1 aliphatic heterocycles. The molecule has 0 radical (unpaired) electrons. The van der Waals surface area contributed by atoms with E-state index in [0.29, 0.717) is 18.7 Å². The van der Waals surface area contributed by atoms with Gasteiger partial charge in [0.05, 0.1) is 17.2 Å². The van der Waals surface area contributed by atoms with Crippen LogP contribution in [0.3, 0.4) is 0 Å². The van der Waals surface area contributed by atoms with E-state index < -0.39 is 17.9 Å². The number of alkyl halides is 3. The molecule has 102 valence electrons. The topological polar surface area (TPSA) is 27.0 Å². The van der Waals surface area contributed by atoms with Gasteiger partial charge in [-0.25, -0.2) is 4.39 Å². The Morgan fingerprint density at radius 3 is 2.68 bits per heavy atom. The third kappa shape index (κ3) is 2.98. The van der Waals surface area contributed by atoms with Crippen LogP contribution in [0.2, 0.25) is 0 Å². The monoisotopic (exact) mass is 272 g/mol. The third-order valence-electron chi connectivity index (χ3n) is 3.30. The van der Waals surface area contributed by atoms with Gasteiger partial charge in [0.25, 0.3) is 0 Å². The Morgan fingerprint density at radius 2 is 2.05 bits per heavy atom. The van der Waals surface area contributed by atoms with Crippen LogP contribution in [0, 0.1) is 23.1 Å². The number of piperidine rings is 1. The quantitative estimate of drug-likeness (QED) is 0.732. The van der Waals surface area contributed by atoms with Crippen molar-refractivity contribution in [2.75, 3.05) is 18.0 Å². The molecule has 1 heterocycles. The highest BCUT2D eigenvalue weighted by Gasteiger charge is 2.42. The Morgan fingerprint density at radius 1 is 1.32 bits per heavy atom. The van der Waals surface area contributed by atoms with Gasteiger partial charge in [-0.2, -0.15) is 18.4 Å². The number of nitriles is 1. The number of benzene rings is 1. The zero-order valence-electron chi connectivity index (χ0n) is 10.0. The van der Waals surface area contributed by atoms with E-state index in [9.17, 15) is 17.6 Å². The van der Waals surface area contributed by atoms with Gasteiger partial charge in [-0.15, -0.1) is 0 Å². The minimum absolute atomic E-state index is 0.0721. The lowest BCUT2D eigenvalue weighted by Gasteiger charge is -2.35. The van der Waals surface area contributed by atoms with Crippen LogP contribution in [0.25, 0.3) is 0 Å². The molecular formula is C13H12F4N2. The lowest BCUT2D eigenvalue weighted by molar-refractivity contribution is -0.175. The Kier molecular flexibility index (Phi) is 3.65. The molecule has 0 amide bonds. The van der Waals surface area contributed by atoms with Gasteiger partial charge >= 0.3 is 6.18 Å². The molecule has 1 saturated heterocycles. The molecular weight excluding hydrogens is 260 g/mol. The number of anilines is 1. The molecule has 0 bridgehead atoms. The Bertz CT molecular complexity index is 504. The lowest BCUT2D eigenvalue weighted by Crippen LogP contribution is -2.42. The van der Waals surface area contributed by atoms with Crippen molar-refractivity contribution in [2.45, 2.75) is 19.0 Å². The molecule has 1 fully saturated rings. The number of halogens is 4. The summed E-state index contributed by atoms with van der Waals surface area (Å²) in [5.41, 5.74) is 0.445. The largest absolute Gasteiger partial charge is 0.393 e. The van der Waals surface area contributed by atoms with Gasteiger partial charge in [0.1, 0.15) is 11.9 Å². The Balaban J connectivity index is 2.25. The number of rotatable bonds is 1. The summed E-state index contributed by atoms with van der Waals surface area (Å²) in [7, 11) is 0. The highest BCUT2D eigenvalue weighted by atomic mass is 19.4. The summed E-state index contributed by atoms with van der Waals surface area (Å²) < 4.78 is 51.2. The molecule has 0 spiro atoms. The fourth-order valence-corrected chi connectivity index (χ4v) is 2.34. The second-order valence-corrected chi connectivity index (χ2v) is 4.60. The van der Waals surface area contributed by atoms with Gasteiger partial charge in [-0.1, -0.05) is 0 Å². The van der Waals surface area contributed by atoms with Crippen molar-refractivity contribution in [1.82, 2.24) is 0 Å². The summed E-state index contributed by atoms with van der Waals surface area (Å²) in [5, 5.41) is 8.93. The predicted molar refractivity (Wildman–Crippen MR) is 62.1 cm³/mol. The molecule has 0 N–H and O–H groups in total. The number of nitrogens with zero attached hydrogens (tertiary/aromatic N) is 2. The van der Waals surface area contributed by atoms with Gasteiger partial charge in [-0.05, 0) is 31.0 Å². The smallest absolute Gasteiger partial charge is 0.370 e. The summed E-state index contributed by atoms with van der Waals surface area (Å²) in [6, 6.07) is 5.40. The van der Waals surface area contributed by atoms with Crippen LogP contribution in [-0.4, -0.2) is 19.3 Å². The Hall–Kier alpha value is -1.77. The molecule has 1 unspecified atom stereocenters. The number of hydrogen-bond acceptors (Lipinski definition) is 2. The highest BCUT2D eigenvalue weighted by Crippen LogP contribution is 2.35. The van der Waals surface area contributed by atoms with Crippen molar-refractivity contribution in [3.05, 3.63) is 29.6 Å². The second-order valence-electron chi connectivity index (χ2n) is 4.60. The molecule has 0 aromatic heterocycles. The third-order valence-corrected chi connectivity index (χ3v) is 3.30. The van der Waals surface area contributed by atoms with Crippen molar-refractivity contribution in [3.63, 3.8) is 0 Å². The molecule has 0 saturated carbocycles.